The maximum Gasteiger partial charge on any atom is 0.121 e. The summed E-state index contributed by atoms with van der Waals surface area (Å²) >= 11 is 0. The summed E-state index contributed by atoms with van der Waals surface area (Å²) in [6, 6.07) is 10.5. The molecule has 1 aliphatic rings. The van der Waals surface area contributed by atoms with Gasteiger partial charge in [-0.3, -0.25) is 0 Å². The average molecular weight is 226 g/mol. The normalized spacial score (nSPS) is 18.7. The Labute approximate surface area is 103 Å². The van der Waals surface area contributed by atoms with Crippen molar-refractivity contribution in [3.8, 4) is 6.07 Å². The highest BCUT2D eigenvalue weighted by Gasteiger charge is 2.41. The summed E-state index contributed by atoms with van der Waals surface area (Å²) in [6.07, 6.45) is 0.805. The van der Waals surface area contributed by atoms with E-state index in [-0.39, 0.29) is 11.5 Å². The van der Waals surface area contributed by atoms with Gasteiger partial charge in [-0.1, -0.05) is 45.5 Å². The third-order valence-corrected chi connectivity index (χ3v) is 3.70. The van der Waals surface area contributed by atoms with Crippen molar-refractivity contribution in [3.63, 3.8) is 0 Å². The molecule has 0 saturated carbocycles. The molecule has 0 spiro atoms. The summed E-state index contributed by atoms with van der Waals surface area (Å²) in [5, 5.41) is 9.27. The zero-order chi connectivity index (χ0) is 12.6. The van der Waals surface area contributed by atoms with Gasteiger partial charge >= 0.3 is 0 Å². The lowest BCUT2D eigenvalue weighted by Gasteiger charge is -2.28. The monoisotopic (exact) mass is 226 g/mol. The summed E-state index contributed by atoms with van der Waals surface area (Å²) in [6.45, 7) is 10.6. The van der Waals surface area contributed by atoms with Crippen LogP contribution < -0.4 is 4.90 Å². The van der Waals surface area contributed by atoms with Crippen LogP contribution in [0, 0.1) is 11.3 Å². The van der Waals surface area contributed by atoms with Crippen molar-refractivity contribution in [2.45, 2.75) is 38.6 Å². The molecule has 17 heavy (non-hydrogen) atoms. The van der Waals surface area contributed by atoms with E-state index in [0.717, 1.165) is 17.8 Å². The minimum absolute atomic E-state index is 0.0825. The van der Waals surface area contributed by atoms with Crippen LogP contribution in [0.15, 0.2) is 36.5 Å². The number of rotatable bonds is 2. The Balaban J connectivity index is 2.58. The van der Waals surface area contributed by atoms with E-state index in [0.29, 0.717) is 0 Å². The molecule has 1 atom stereocenters. The van der Waals surface area contributed by atoms with Gasteiger partial charge in [-0.05, 0) is 18.1 Å². The van der Waals surface area contributed by atoms with Gasteiger partial charge in [0.05, 0.1) is 6.07 Å². The van der Waals surface area contributed by atoms with Gasteiger partial charge in [-0.2, -0.15) is 5.26 Å². The van der Waals surface area contributed by atoms with Gasteiger partial charge in [-0.25, -0.2) is 0 Å². The van der Waals surface area contributed by atoms with Gasteiger partial charge in [0, 0.05) is 16.8 Å². The summed E-state index contributed by atoms with van der Waals surface area (Å²) in [4.78, 5) is 2.09. The second kappa shape index (κ2) is 3.92. The SMILES string of the molecule is C=C1N(C(C#N)CC)c2ccccc2C1(C)C. The number of allylic oxidation sites excluding steroid dienone is 1. The molecule has 0 amide bonds. The van der Waals surface area contributed by atoms with Crippen molar-refractivity contribution in [2.75, 3.05) is 4.90 Å². The molecule has 0 fully saturated rings. The summed E-state index contributed by atoms with van der Waals surface area (Å²) in [5.74, 6) is 0. The van der Waals surface area contributed by atoms with E-state index in [1.165, 1.54) is 5.56 Å². The highest BCUT2D eigenvalue weighted by Crippen LogP contribution is 2.47. The molecule has 1 heterocycles. The second-order valence-electron chi connectivity index (χ2n) is 5.01. The molecule has 2 nitrogen and oxygen atoms in total. The van der Waals surface area contributed by atoms with E-state index in [1.807, 2.05) is 19.1 Å². The molecule has 2 heteroatoms. The molecule has 1 unspecified atom stereocenters. The molecule has 0 saturated heterocycles. The van der Waals surface area contributed by atoms with Crippen LogP contribution in [-0.2, 0) is 5.41 Å². The first-order valence-corrected chi connectivity index (χ1v) is 6.01. The number of nitriles is 1. The molecule has 1 aliphatic heterocycles. The largest absolute Gasteiger partial charge is 0.328 e. The molecule has 0 aromatic heterocycles. The first-order valence-electron chi connectivity index (χ1n) is 6.01. The van der Waals surface area contributed by atoms with Crippen LogP contribution in [0.25, 0.3) is 0 Å². The van der Waals surface area contributed by atoms with Crippen LogP contribution in [0.2, 0.25) is 0 Å². The molecule has 0 aliphatic carbocycles. The lowest BCUT2D eigenvalue weighted by atomic mass is 9.84. The predicted octanol–water partition coefficient (Wildman–Crippen LogP) is 3.60. The van der Waals surface area contributed by atoms with E-state index in [2.05, 4.69) is 43.5 Å². The number of nitrogens with zero attached hydrogens (tertiary/aromatic N) is 2. The molecule has 0 N–H and O–H groups in total. The second-order valence-corrected chi connectivity index (χ2v) is 5.01. The van der Waals surface area contributed by atoms with E-state index in [1.54, 1.807) is 0 Å². The van der Waals surface area contributed by atoms with Crippen molar-refractivity contribution < 1.29 is 0 Å². The van der Waals surface area contributed by atoms with Crippen molar-refractivity contribution in [2.24, 2.45) is 0 Å². The third kappa shape index (κ3) is 1.54. The van der Waals surface area contributed by atoms with Gasteiger partial charge < -0.3 is 4.90 Å². The minimum Gasteiger partial charge on any atom is -0.328 e. The predicted molar refractivity (Wildman–Crippen MR) is 70.8 cm³/mol. The summed E-state index contributed by atoms with van der Waals surface area (Å²) < 4.78 is 0. The van der Waals surface area contributed by atoms with E-state index < -0.39 is 0 Å². The minimum atomic E-state index is -0.120. The Bertz CT molecular complexity index is 494. The lowest BCUT2D eigenvalue weighted by molar-refractivity contribution is 0.614. The Morgan fingerprint density at radius 1 is 1.41 bits per heavy atom. The summed E-state index contributed by atoms with van der Waals surface area (Å²) in [7, 11) is 0. The standard InChI is InChI=1S/C15H18N2/c1-5-12(10-16)17-11(2)15(3,4)13-8-6-7-9-14(13)17/h6-9,12H,2,5H2,1,3-4H3. The Hall–Kier alpha value is -1.75. The number of fused-ring (bicyclic) bond motifs is 1. The maximum absolute atomic E-state index is 9.27. The number of para-hydroxylation sites is 1. The topological polar surface area (TPSA) is 27.0 Å². The number of hydrogen-bond acceptors (Lipinski definition) is 2. The molecule has 0 bridgehead atoms. The van der Waals surface area contributed by atoms with Crippen LogP contribution in [0.4, 0.5) is 5.69 Å². The Morgan fingerprint density at radius 2 is 2.06 bits per heavy atom. The first-order chi connectivity index (χ1) is 8.04. The van der Waals surface area contributed by atoms with E-state index in [9.17, 15) is 5.26 Å². The molecule has 1 aromatic carbocycles. The van der Waals surface area contributed by atoms with Crippen LogP contribution in [0.3, 0.4) is 0 Å². The maximum atomic E-state index is 9.27. The van der Waals surface area contributed by atoms with Gasteiger partial charge in [-0.15, -0.1) is 0 Å². The van der Waals surface area contributed by atoms with Crippen LogP contribution in [-0.4, -0.2) is 6.04 Å². The van der Waals surface area contributed by atoms with Crippen LogP contribution in [0.1, 0.15) is 32.8 Å². The molecule has 2 rings (SSSR count). The number of hydrogen-bond donors (Lipinski definition) is 0. The lowest BCUT2D eigenvalue weighted by Crippen LogP contribution is -2.33. The smallest absolute Gasteiger partial charge is 0.121 e. The third-order valence-electron chi connectivity index (χ3n) is 3.70. The number of anilines is 1. The fourth-order valence-electron chi connectivity index (χ4n) is 2.50. The molecule has 88 valence electrons. The fraction of sp³-hybridized carbons (Fsp3) is 0.400. The highest BCUT2D eigenvalue weighted by molar-refractivity contribution is 5.71. The molecular weight excluding hydrogens is 208 g/mol. The zero-order valence-corrected chi connectivity index (χ0v) is 10.7. The molecular formula is C15H18N2. The van der Waals surface area contributed by atoms with Crippen LogP contribution >= 0.6 is 0 Å². The average Bonchev–Trinajstić information content (AvgIpc) is 2.53. The Kier molecular flexibility index (Phi) is 2.71. The van der Waals surface area contributed by atoms with Gasteiger partial charge in [0.2, 0.25) is 0 Å². The fourth-order valence-corrected chi connectivity index (χ4v) is 2.50. The van der Waals surface area contributed by atoms with Crippen molar-refractivity contribution >= 4 is 5.69 Å². The van der Waals surface area contributed by atoms with E-state index >= 15 is 0 Å². The van der Waals surface area contributed by atoms with Crippen molar-refractivity contribution in [1.82, 2.24) is 0 Å². The van der Waals surface area contributed by atoms with Crippen LogP contribution in [0.5, 0.6) is 0 Å². The first kappa shape index (κ1) is 11.7. The quantitative estimate of drug-likeness (QED) is 0.770. The van der Waals surface area contributed by atoms with Gasteiger partial charge in [0.1, 0.15) is 6.04 Å². The van der Waals surface area contributed by atoms with Gasteiger partial charge in [0.25, 0.3) is 0 Å². The highest BCUT2D eigenvalue weighted by atomic mass is 15.2. The summed E-state index contributed by atoms with van der Waals surface area (Å²) in [5.41, 5.74) is 3.34. The molecule has 0 radical (unpaired) electrons. The van der Waals surface area contributed by atoms with Crippen molar-refractivity contribution in [1.29, 1.82) is 5.26 Å². The van der Waals surface area contributed by atoms with E-state index in [4.69, 9.17) is 0 Å². The molecule has 1 aromatic rings. The number of benzene rings is 1. The Morgan fingerprint density at radius 3 is 2.65 bits per heavy atom. The van der Waals surface area contributed by atoms with Gasteiger partial charge in [0.15, 0.2) is 0 Å². The zero-order valence-electron chi connectivity index (χ0n) is 10.7. The van der Waals surface area contributed by atoms with Crippen molar-refractivity contribution in [3.05, 3.63) is 42.1 Å².